The molecule has 4 nitrogen and oxygen atoms in total. The normalized spacial score (nSPS) is 26.4. The molecule has 1 amide bonds. The van der Waals surface area contributed by atoms with Gasteiger partial charge >= 0.3 is 12.3 Å². The van der Waals surface area contributed by atoms with Gasteiger partial charge in [0.15, 0.2) is 0 Å². The lowest BCUT2D eigenvalue weighted by atomic mass is 9.88. The summed E-state index contributed by atoms with van der Waals surface area (Å²) in [4.78, 5) is 14.5. The average Bonchev–Trinajstić information content (AvgIpc) is 2.85. The molecule has 0 radical (unpaired) electrons. The summed E-state index contributed by atoms with van der Waals surface area (Å²) in [6.45, 7) is 6.56. The van der Waals surface area contributed by atoms with Crippen LogP contribution in [-0.4, -0.2) is 41.8 Å². The predicted octanol–water partition coefficient (Wildman–Crippen LogP) is 4.55. The molecule has 27 heavy (non-hydrogen) atoms. The summed E-state index contributed by atoms with van der Waals surface area (Å²) >= 11 is 0. The van der Waals surface area contributed by atoms with Gasteiger partial charge in [-0.15, -0.1) is 0 Å². The van der Waals surface area contributed by atoms with E-state index in [0.29, 0.717) is 18.7 Å². The zero-order valence-corrected chi connectivity index (χ0v) is 16.0. The summed E-state index contributed by atoms with van der Waals surface area (Å²) in [5.74, 6) is -0.192. The highest BCUT2D eigenvalue weighted by atomic mass is 19.4. The van der Waals surface area contributed by atoms with Gasteiger partial charge in [0.2, 0.25) is 0 Å². The number of fused-ring (bicyclic) bond motifs is 1. The SMILES string of the molecule is CC(C)(C)OC(=O)N1CCCCC2NCC(c3cccc(C(F)(F)F)c3)C21. The zero-order valence-electron chi connectivity index (χ0n) is 16.0. The predicted molar refractivity (Wildman–Crippen MR) is 96.6 cm³/mol. The number of hydrogen-bond acceptors (Lipinski definition) is 3. The Labute approximate surface area is 158 Å². The van der Waals surface area contributed by atoms with Gasteiger partial charge < -0.3 is 15.0 Å². The molecule has 0 aliphatic carbocycles. The van der Waals surface area contributed by atoms with E-state index < -0.39 is 17.3 Å². The smallest absolute Gasteiger partial charge is 0.416 e. The quantitative estimate of drug-likeness (QED) is 0.772. The Morgan fingerprint density at radius 2 is 1.96 bits per heavy atom. The molecule has 3 rings (SSSR count). The topological polar surface area (TPSA) is 41.6 Å². The molecule has 2 saturated heterocycles. The summed E-state index contributed by atoms with van der Waals surface area (Å²) < 4.78 is 45.0. The second-order valence-corrected chi connectivity index (χ2v) is 8.40. The van der Waals surface area contributed by atoms with Gasteiger partial charge in [0, 0.05) is 25.0 Å². The number of halogens is 3. The van der Waals surface area contributed by atoms with Crippen LogP contribution in [0.5, 0.6) is 0 Å². The number of rotatable bonds is 1. The summed E-state index contributed by atoms with van der Waals surface area (Å²) in [5, 5.41) is 3.42. The number of amides is 1. The Morgan fingerprint density at radius 1 is 1.22 bits per heavy atom. The van der Waals surface area contributed by atoms with Crippen LogP contribution in [0.4, 0.5) is 18.0 Å². The maximum atomic E-state index is 13.1. The summed E-state index contributed by atoms with van der Waals surface area (Å²) in [6, 6.07) is 5.34. The largest absolute Gasteiger partial charge is 0.444 e. The van der Waals surface area contributed by atoms with Crippen molar-refractivity contribution in [3.05, 3.63) is 35.4 Å². The highest BCUT2D eigenvalue weighted by Gasteiger charge is 2.44. The van der Waals surface area contributed by atoms with Crippen molar-refractivity contribution < 1.29 is 22.7 Å². The summed E-state index contributed by atoms with van der Waals surface area (Å²) in [7, 11) is 0. The monoisotopic (exact) mass is 384 g/mol. The molecule has 3 unspecified atom stereocenters. The van der Waals surface area contributed by atoms with Crippen LogP contribution in [0.25, 0.3) is 0 Å². The molecular formula is C20H27F3N2O2. The molecule has 0 aromatic heterocycles. The number of carbonyl (C=O) groups excluding carboxylic acids is 1. The van der Waals surface area contributed by atoms with Crippen LogP contribution in [0.1, 0.15) is 57.1 Å². The van der Waals surface area contributed by atoms with Gasteiger partial charge in [-0.3, -0.25) is 0 Å². The van der Waals surface area contributed by atoms with E-state index in [4.69, 9.17) is 4.74 Å². The number of nitrogens with one attached hydrogen (secondary N) is 1. The highest BCUT2D eigenvalue weighted by Crippen LogP contribution is 2.37. The number of ether oxygens (including phenoxy) is 1. The molecule has 150 valence electrons. The van der Waals surface area contributed by atoms with E-state index in [9.17, 15) is 18.0 Å². The number of hydrogen-bond donors (Lipinski definition) is 1. The fourth-order valence-corrected chi connectivity index (χ4v) is 4.10. The van der Waals surface area contributed by atoms with Crippen molar-refractivity contribution in [2.45, 2.75) is 69.8 Å². The average molecular weight is 384 g/mol. The van der Waals surface area contributed by atoms with Crippen LogP contribution in [0.15, 0.2) is 24.3 Å². The maximum absolute atomic E-state index is 13.1. The first-order chi connectivity index (χ1) is 12.6. The molecule has 2 aliphatic heterocycles. The number of alkyl halides is 3. The Bertz CT molecular complexity index is 685. The van der Waals surface area contributed by atoms with E-state index in [2.05, 4.69) is 5.32 Å². The molecule has 1 aromatic rings. The van der Waals surface area contributed by atoms with Crippen LogP contribution in [0, 0.1) is 0 Å². The molecule has 0 bridgehead atoms. The van der Waals surface area contributed by atoms with Crippen LogP contribution in [0.2, 0.25) is 0 Å². The third-order valence-corrected chi connectivity index (χ3v) is 5.22. The molecular weight excluding hydrogens is 357 g/mol. The first-order valence-electron chi connectivity index (χ1n) is 9.46. The van der Waals surface area contributed by atoms with Crippen LogP contribution < -0.4 is 5.32 Å². The maximum Gasteiger partial charge on any atom is 0.416 e. The molecule has 0 spiro atoms. The van der Waals surface area contributed by atoms with Crippen molar-refractivity contribution in [3.8, 4) is 0 Å². The van der Waals surface area contributed by atoms with E-state index in [-0.39, 0.29) is 24.1 Å². The molecule has 7 heteroatoms. The standard InChI is InChI=1S/C20H27F3N2O2/c1-19(2,3)27-18(26)25-10-5-4-9-16-17(25)15(12-24-16)13-7-6-8-14(11-13)20(21,22)23/h6-8,11,15-17,24H,4-5,9-10,12H2,1-3H3. The van der Waals surface area contributed by atoms with Crippen LogP contribution >= 0.6 is 0 Å². The number of benzene rings is 1. The van der Waals surface area contributed by atoms with E-state index in [1.807, 2.05) is 20.8 Å². The van der Waals surface area contributed by atoms with E-state index >= 15 is 0 Å². The number of nitrogens with zero attached hydrogens (tertiary/aromatic N) is 1. The first-order valence-corrected chi connectivity index (χ1v) is 9.46. The Balaban J connectivity index is 1.91. The minimum Gasteiger partial charge on any atom is -0.444 e. The van der Waals surface area contributed by atoms with E-state index in [1.54, 1.807) is 11.0 Å². The molecule has 2 heterocycles. The lowest BCUT2D eigenvalue weighted by Gasteiger charge is -2.35. The van der Waals surface area contributed by atoms with Crippen LogP contribution in [0.3, 0.4) is 0 Å². The van der Waals surface area contributed by atoms with Crippen molar-refractivity contribution >= 4 is 6.09 Å². The van der Waals surface area contributed by atoms with Gasteiger partial charge in [-0.1, -0.05) is 24.6 Å². The molecule has 2 fully saturated rings. The Hall–Kier alpha value is -1.76. The summed E-state index contributed by atoms with van der Waals surface area (Å²) in [5.41, 5.74) is -0.655. The van der Waals surface area contributed by atoms with Crippen molar-refractivity contribution in [2.75, 3.05) is 13.1 Å². The second-order valence-electron chi connectivity index (χ2n) is 8.40. The molecule has 1 aromatic carbocycles. The third-order valence-electron chi connectivity index (χ3n) is 5.22. The third kappa shape index (κ3) is 4.57. The van der Waals surface area contributed by atoms with Crippen molar-refractivity contribution in [1.29, 1.82) is 0 Å². The number of likely N-dealkylation sites (tertiary alicyclic amines) is 1. The molecule has 0 saturated carbocycles. The van der Waals surface area contributed by atoms with Gasteiger partial charge in [-0.25, -0.2) is 4.79 Å². The van der Waals surface area contributed by atoms with Gasteiger partial charge in [0.05, 0.1) is 11.6 Å². The fraction of sp³-hybridized carbons (Fsp3) is 0.650. The van der Waals surface area contributed by atoms with E-state index in [0.717, 1.165) is 25.3 Å². The summed E-state index contributed by atoms with van der Waals surface area (Å²) in [6.07, 6.45) is -2.03. The van der Waals surface area contributed by atoms with Gasteiger partial charge in [0.25, 0.3) is 0 Å². The highest BCUT2D eigenvalue weighted by molar-refractivity contribution is 5.69. The van der Waals surface area contributed by atoms with E-state index in [1.165, 1.54) is 12.1 Å². The fourth-order valence-electron chi connectivity index (χ4n) is 4.10. The molecule has 3 atom stereocenters. The minimum atomic E-state index is -4.38. The van der Waals surface area contributed by atoms with Gasteiger partial charge in [0.1, 0.15) is 5.60 Å². The molecule has 1 N–H and O–H groups in total. The lowest BCUT2D eigenvalue weighted by Crippen LogP contribution is -2.49. The van der Waals surface area contributed by atoms with Crippen molar-refractivity contribution in [2.24, 2.45) is 0 Å². The van der Waals surface area contributed by atoms with Gasteiger partial charge in [-0.2, -0.15) is 13.2 Å². The molecule has 2 aliphatic rings. The van der Waals surface area contributed by atoms with Crippen LogP contribution in [-0.2, 0) is 10.9 Å². The first kappa shape index (κ1) is 20.0. The Morgan fingerprint density at radius 3 is 2.63 bits per heavy atom. The lowest BCUT2D eigenvalue weighted by molar-refractivity contribution is -0.137. The number of carbonyl (C=O) groups is 1. The van der Waals surface area contributed by atoms with Gasteiger partial charge in [-0.05, 0) is 45.2 Å². The Kier molecular flexibility index (Phi) is 5.43. The minimum absolute atomic E-state index is 0.0690. The van der Waals surface area contributed by atoms with Crippen molar-refractivity contribution in [1.82, 2.24) is 10.2 Å². The zero-order chi connectivity index (χ0) is 19.8. The second kappa shape index (κ2) is 7.34. The van der Waals surface area contributed by atoms with Crippen molar-refractivity contribution in [3.63, 3.8) is 0 Å².